The molecule has 0 radical (unpaired) electrons. The van der Waals surface area contributed by atoms with Crippen LogP contribution in [0.4, 0.5) is 5.69 Å². The molecule has 1 aromatic heterocycles. The quantitative estimate of drug-likeness (QED) is 0.648. The van der Waals surface area contributed by atoms with Crippen molar-refractivity contribution in [2.45, 2.75) is 6.92 Å². The number of nitrogens with one attached hydrogen (secondary N) is 1. The summed E-state index contributed by atoms with van der Waals surface area (Å²) in [5.41, 5.74) is 0.965. The maximum Gasteiger partial charge on any atom is 0.355 e. The van der Waals surface area contributed by atoms with Gasteiger partial charge in [0.1, 0.15) is 5.69 Å². The fraction of sp³-hybridized carbons (Fsp3) is 0.188. The maximum absolute atomic E-state index is 12.0. The van der Waals surface area contributed by atoms with Gasteiger partial charge in [-0.05, 0) is 31.2 Å². The molecule has 0 spiro atoms. The van der Waals surface area contributed by atoms with Gasteiger partial charge in [-0.15, -0.1) is 0 Å². The third-order valence-corrected chi connectivity index (χ3v) is 3.54. The average Bonchev–Trinajstić information content (AvgIpc) is 2.86. The number of anilines is 1. The van der Waals surface area contributed by atoms with Crippen molar-refractivity contribution in [1.82, 2.24) is 4.57 Å². The van der Waals surface area contributed by atoms with Gasteiger partial charge in [-0.25, -0.2) is 4.79 Å². The van der Waals surface area contributed by atoms with Crippen LogP contribution in [0.15, 0.2) is 30.5 Å². The fourth-order valence-corrected chi connectivity index (χ4v) is 2.51. The third kappa shape index (κ3) is 4.59. The molecule has 0 fully saturated rings. The molecule has 0 atom stereocenters. The van der Waals surface area contributed by atoms with Gasteiger partial charge in [0.25, 0.3) is 5.91 Å². The number of amides is 1. The predicted molar refractivity (Wildman–Crippen MR) is 90.8 cm³/mol. The lowest BCUT2D eigenvalue weighted by atomic mass is 10.2. The summed E-state index contributed by atoms with van der Waals surface area (Å²) in [5, 5.41) is 3.26. The van der Waals surface area contributed by atoms with E-state index in [1.54, 1.807) is 7.05 Å². The highest BCUT2D eigenvalue weighted by atomic mass is 35.5. The van der Waals surface area contributed by atoms with E-state index in [1.807, 2.05) is 0 Å². The summed E-state index contributed by atoms with van der Waals surface area (Å²) >= 11 is 11.7. The molecule has 1 heterocycles. The highest BCUT2D eigenvalue weighted by Gasteiger charge is 2.16. The maximum atomic E-state index is 12.0. The molecule has 1 aromatic carbocycles. The SMILES string of the molecule is CC(=O)c1cc(C(=O)OCC(=O)Nc2cc(Cl)cc(Cl)c2)n(C)c1. The third-order valence-electron chi connectivity index (χ3n) is 3.10. The van der Waals surface area contributed by atoms with Gasteiger partial charge in [-0.2, -0.15) is 0 Å². The van der Waals surface area contributed by atoms with Crippen molar-refractivity contribution >= 4 is 46.5 Å². The molecule has 1 amide bonds. The summed E-state index contributed by atoms with van der Waals surface area (Å²) in [6, 6.07) is 5.98. The first-order chi connectivity index (χ1) is 11.3. The Balaban J connectivity index is 1.96. The molecule has 0 aliphatic carbocycles. The van der Waals surface area contributed by atoms with Crippen molar-refractivity contribution < 1.29 is 19.1 Å². The monoisotopic (exact) mass is 368 g/mol. The van der Waals surface area contributed by atoms with Crippen LogP contribution in [0.25, 0.3) is 0 Å². The van der Waals surface area contributed by atoms with E-state index in [-0.39, 0.29) is 11.5 Å². The van der Waals surface area contributed by atoms with E-state index >= 15 is 0 Å². The number of carbonyl (C=O) groups is 3. The van der Waals surface area contributed by atoms with Gasteiger partial charge in [0.05, 0.1) is 0 Å². The van der Waals surface area contributed by atoms with Crippen molar-refractivity contribution in [3.8, 4) is 0 Å². The molecule has 0 saturated heterocycles. The lowest BCUT2D eigenvalue weighted by Crippen LogP contribution is -2.21. The number of benzene rings is 1. The van der Waals surface area contributed by atoms with Gasteiger partial charge in [-0.1, -0.05) is 23.2 Å². The number of ether oxygens (including phenoxy) is 1. The topological polar surface area (TPSA) is 77.4 Å². The number of aryl methyl sites for hydroxylation is 1. The Hall–Kier alpha value is -2.31. The van der Waals surface area contributed by atoms with E-state index in [1.165, 1.54) is 42.0 Å². The molecular formula is C16H14Cl2N2O4. The largest absolute Gasteiger partial charge is 0.451 e. The zero-order valence-corrected chi connectivity index (χ0v) is 14.4. The summed E-state index contributed by atoms with van der Waals surface area (Å²) < 4.78 is 6.41. The van der Waals surface area contributed by atoms with Gasteiger partial charge < -0.3 is 14.6 Å². The fourth-order valence-electron chi connectivity index (χ4n) is 1.99. The summed E-state index contributed by atoms with van der Waals surface area (Å²) in [6.45, 7) is 0.914. The van der Waals surface area contributed by atoms with Crippen LogP contribution in [0.2, 0.25) is 10.0 Å². The Morgan fingerprint density at radius 1 is 1.12 bits per heavy atom. The molecule has 2 rings (SSSR count). The molecule has 6 nitrogen and oxygen atoms in total. The predicted octanol–water partition coefficient (Wildman–Crippen LogP) is 3.33. The summed E-state index contributed by atoms with van der Waals surface area (Å²) in [7, 11) is 1.61. The molecule has 1 N–H and O–H groups in total. The van der Waals surface area contributed by atoms with Crippen molar-refractivity contribution in [1.29, 1.82) is 0 Å². The second-order valence-corrected chi connectivity index (χ2v) is 5.94. The van der Waals surface area contributed by atoms with E-state index in [0.717, 1.165) is 0 Å². The zero-order chi connectivity index (χ0) is 17.9. The van der Waals surface area contributed by atoms with Crippen LogP contribution in [0.1, 0.15) is 27.8 Å². The van der Waals surface area contributed by atoms with Crippen molar-refractivity contribution in [3.05, 3.63) is 51.8 Å². The number of nitrogens with zero attached hydrogens (tertiary/aromatic N) is 1. The highest BCUT2D eigenvalue weighted by molar-refractivity contribution is 6.35. The average molecular weight is 369 g/mol. The Morgan fingerprint density at radius 2 is 1.75 bits per heavy atom. The van der Waals surface area contributed by atoms with Gasteiger partial charge in [0.15, 0.2) is 12.4 Å². The lowest BCUT2D eigenvalue weighted by Gasteiger charge is -2.08. The Kier molecular flexibility index (Phi) is 5.64. The molecule has 2 aromatic rings. The van der Waals surface area contributed by atoms with Crippen LogP contribution < -0.4 is 5.32 Å². The van der Waals surface area contributed by atoms with Crippen LogP contribution in [-0.4, -0.2) is 28.8 Å². The number of hydrogen-bond acceptors (Lipinski definition) is 4. The summed E-state index contributed by atoms with van der Waals surface area (Å²) in [5.74, 6) is -1.41. The second kappa shape index (κ2) is 7.51. The molecule has 126 valence electrons. The number of rotatable bonds is 5. The van der Waals surface area contributed by atoms with Gasteiger partial charge >= 0.3 is 5.97 Å². The molecule has 0 unspecified atom stereocenters. The first-order valence-electron chi connectivity index (χ1n) is 6.86. The molecule has 8 heteroatoms. The van der Waals surface area contributed by atoms with Gasteiger partial charge in [0.2, 0.25) is 0 Å². The Bertz CT molecular complexity index is 794. The molecule has 0 saturated carbocycles. The standard InChI is InChI=1S/C16H14Cl2N2O4/c1-9(21)10-3-14(20(2)7-10)16(23)24-8-15(22)19-13-5-11(17)4-12(18)6-13/h3-7H,8H2,1-2H3,(H,19,22). The van der Waals surface area contributed by atoms with Crippen LogP contribution in [-0.2, 0) is 16.6 Å². The molecule has 24 heavy (non-hydrogen) atoms. The van der Waals surface area contributed by atoms with E-state index in [0.29, 0.717) is 21.3 Å². The van der Waals surface area contributed by atoms with Crippen molar-refractivity contribution in [3.63, 3.8) is 0 Å². The zero-order valence-electron chi connectivity index (χ0n) is 12.9. The van der Waals surface area contributed by atoms with E-state index in [9.17, 15) is 14.4 Å². The van der Waals surface area contributed by atoms with Crippen LogP contribution in [0.3, 0.4) is 0 Å². The first-order valence-corrected chi connectivity index (χ1v) is 7.62. The second-order valence-electron chi connectivity index (χ2n) is 5.06. The number of esters is 1. The smallest absolute Gasteiger partial charge is 0.355 e. The summed E-state index contributed by atoms with van der Waals surface area (Å²) in [4.78, 5) is 35.1. The van der Waals surface area contributed by atoms with Crippen LogP contribution in [0, 0.1) is 0 Å². The number of halogens is 2. The number of hydrogen-bond donors (Lipinski definition) is 1. The molecule has 0 aliphatic rings. The number of Topliss-reactive ketones (excluding diaryl/α,β-unsaturated/α-hetero) is 1. The van der Waals surface area contributed by atoms with Gasteiger partial charge in [-0.3, -0.25) is 9.59 Å². The van der Waals surface area contributed by atoms with Gasteiger partial charge in [0, 0.05) is 34.5 Å². The number of ketones is 1. The van der Waals surface area contributed by atoms with Crippen LogP contribution >= 0.6 is 23.2 Å². The molecule has 0 bridgehead atoms. The molecule has 0 aliphatic heterocycles. The minimum Gasteiger partial charge on any atom is -0.451 e. The minimum atomic E-state index is -0.704. The van der Waals surface area contributed by atoms with E-state index in [2.05, 4.69) is 5.32 Å². The summed E-state index contributed by atoms with van der Waals surface area (Å²) in [6.07, 6.45) is 1.52. The van der Waals surface area contributed by atoms with E-state index < -0.39 is 18.5 Å². The Morgan fingerprint density at radius 3 is 2.29 bits per heavy atom. The normalized spacial score (nSPS) is 10.3. The van der Waals surface area contributed by atoms with Crippen LogP contribution in [0.5, 0.6) is 0 Å². The highest BCUT2D eigenvalue weighted by Crippen LogP contribution is 2.22. The lowest BCUT2D eigenvalue weighted by molar-refractivity contribution is -0.119. The van der Waals surface area contributed by atoms with Crippen molar-refractivity contribution in [2.24, 2.45) is 7.05 Å². The first kappa shape index (κ1) is 18.0. The van der Waals surface area contributed by atoms with Crippen molar-refractivity contribution in [2.75, 3.05) is 11.9 Å². The number of aromatic nitrogens is 1. The Labute approximate surface area is 148 Å². The minimum absolute atomic E-state index is 0.166. The molecular weight excluding hydrogens is 355 g/mol. The van der Waals surface area contributed by atoms with E-state index in [4.69, 9.17) is 27.9 Å². The number of carbonyl (C=O) groups excluding carboxylic acids is 3.